The lowest BCUT2D eigenvalue weighted by atomic mass is 10.0. The van der Waals surface area contributed by atoms with Crippen LogP contribution in [0.3, 0.4) is 0 Å². The van der Waals surface area contributed by atoms with Gasteiger partial charge in [-0.1, -0.05) is 25.1 Å². The number of ether oxygens (including phenoxy) is 2. The summed E-state index contributed by atoms with van der Waals surface area (Å²) in [6.07, 6.45) is 0. The number of carbonyl (C=O) groups excluding carboxylic acids is 1. The highest BCUT2D eigenvalue weighted by Crippen LogP contribution is 2.31. The molecule has 0 spiro atoms. The van der Waals surface area contributed by atoms with Crippen LogP contribution in [0.1, 0.15) is 6.92 Å². The number of hydrogen-bond acceptors (Lipinski definition) is 4. The standard InChI is InChI=1S/C22H26FN3O3/c1-16-14-26(15-20(16)25-9-11-28-12-10-25)22(27)24-19-13-17(23)7-8-21(19)29-18-5-3-2-4-6-18/h2-8,13,16,20H,9-12,14-15H2,1H3,(H,24,27). The van der Waals surface area contributed by atoms with Crippen LogP contribution in [0.5, 0.6) is 11.5 Å². The first kappa shape index (κ1) is 19.7. The average molecular weight is 399 g/mol. The van der Waals surface area contributed by atoms with Crippen LogP contribution in [0.25, 0.3) is 0 Å². The van der Waals surface area contributed by atoms with Crippen LogP contribution in [0.4, 0.5) is 14.9 Å². The lowest BCUT2D eigenvalue weighted by Crippen LogP contribution is -2.47. The first-order valence-corrected chi connectivity index (χ1v) is 10.0. The predicted octanol–water partition coefficient (Wildman–Crippen LogP) is 3.80. The molecule has 0 radical (unpaired) electrons. The molecule has 2 unspecified atom stereocenters. The predicted molar refractivity (Wildman–Crippen MR) is 109 cm³/mol. The quantitative estimate of drug-likeness (QED) is 0.850. The molecule has 2 aliphatic heterocycles. The number of nitrogens with zero attached hydrogens (tertiary/aromatic N) is 2. The van der Waals surface area contributed by atoms with Gasteiger partial charge < -0.3 is 19.7 Å². The van der Waals surface area contributed by atoms with Crippen molar-refractivity contribution in [2.75, 3.05) is 44.7 Å². The van der Waals surface area contributed by atoms with E-state index < -0.39 is 5.82 Å². The van der Waals surface area contributed by atoms with Crippen molar-refractivity contribution in [2.45, 2.75) is 13.0 Å². The van der Waals surface area contributed by atoms with Crippen molar-refractivity contribution < 1.29 is 18.7 Å². The Morgan fingerprint density at radius 1 is 1.14 bits per heavy atom. The molecule has 2 atom stereocenters. The Balaban J connectivity index is 1.45. The molecule has 2 fully saturated rings. The van der Waals surface area contributed by atoms with Crippen LogP contribution in [-0.2, 0) is 4.74 Å². The summed E-state index contributed by atoms with van der Waals surface area (Å²) in [5.41, 5.74) is 0.321. The van der Waals surface area contributed by atoms with Crippen LogP contribution in [0.15, 0.2) is 48.5 Å². The van der Waals surface area contributed by atoms with Gasteiger partial charge in [0.1, 0.15) is 11.6 Å². The van der Waals surface area contributed by atoms with Gasteiger partial charge in [0, 0.05) is 38.3 Å². The molecule has 2 aromatic carbocycles. The molecule has 0 bridgehead atoms. The molecule has 2 amide bonds. The highest BCUT2D eigenvalue weighted by atomic mass is 19.1. The molecular formula is C22H26FN3O3. The maximum atomic E-state index is 13.8. The van der Waals surface area contributed by atoms with E-state index in [9.17, 15) is 9.18 Å². The van der Waals surface area contributed by atoms with Crippen molar-refractivity contribution >= 4 is 11.7 Å². The Labute approximate surface area is 170 Å². The van der Waals surface area contributed by atoms with E-state index in [0.717, 1.165) is 26.3 Å². The molecule has 1 N–H and O–H groups in total. The summed E-state index contributed by atoms with van der Waals surface area (Å²) in [6.45, 7) is 6.74. The third-order valence-electron chi connectivity index (χ3n) is 5.53. The van der Waals surface area contributed by atoms with E-state index in [4.69, 9.17) is 9.47 Å². The summed E-state index contributed by atoms with van der Waals surface area (Å²) in [4.78, 5) is 17.1. The van der Waals surface area contributed by atoms with Gasteiger partial charge in [0.15, 0.2) is 5.75 Å². The van der Waals surface area contributed by atoms with Gasteiger partial charge >= 0.3 is 6.03 Å². The lowest BCUT2D eigenvalue weighted by Gasteiger charge is -2.33. The van der Waals surface area contributed by atoms with E-state index in [-0.39, 0.29) is 6.03 Å². The van der Waals surface area contributed by atoms with Gasteiger partial charge in [-0.3, -0.25) is 4.90 Å². The zero-order valence-electron chi connectivity index (χ0n) is 16.5. The third-order valence-corrected chi connectivity index (χ3v) is 5.53. The van der Waals surface area contributed by atoms with Crippen molar-refractivity contribution in [1.29, 1.82) is 0 Å². The smallest absolute Gasteiger partial charge is 0.322 e. The summed E-state index contributed by atoms with van der Waals surface area (Å²) >= 11 is 0. The van der Waals surface area contributed by atoms with Crippen LogP contribution in [-0.4, -0.2) is 61.3 Å². The Morgan fingerprint density at radius 3 is 2.66 bits per heavy atom. The van der Waals surface area contributed by atoms with Gasteiger partial charge in [0.2, 0.25) is 0 Å². The van der Waals surface area contributed by atoms with Crippen molar-refractivity contribution in [2.24, 2.45) is 5.92 Å². The van der Waals surface area contributed by atoms with Crippen molar-refractivity contribution in [3.63, 3.8) is 0 Å². The van der Waals surface area contributed by atoms with Gasteiger partial charge in [-0.05, 0) is 30.2 Å². The van der Waals surface area contributed by atoms with Gasteiger partial charge in [-0.2, -0.15) is 0 Å². The van der Waals surface area contributed by atoms with Crippen LogP contribution in [0.2, 0.25) is 0 Å². The molecule has 0 saturated carbocycles. The highest BCUT2D eigenvalue weighted by Gasteiger charge is 2.36. The number of carbonyl (C=O) groups is 1. The molecule has 7 heteroatoms. The fourth-order valence-electron chi connectivity index (χ4n) is 4.00. The molecule has 29 heavy (non-hydrogen) atoms. The molecule has 4 rings (SSSR count). The first-order valence-electron chi connectivity index (χ1n) is 10.0. The largest absolute Gasteiger partial charge is 0.455 e. The molecule has 2 saturated heterocycles. The van der Waals surface area contributed by atoms with E-state index in [0.29, 0.717) is 42.2 Å². The second-order valence-electron chi connectivity index (χ2n) is 7.58. The van der Waals surface area contributed by atoms with Gasteiger partial charge in [-0.15, -0.1) is 0 Å². The number of para-hydroxylation sites is 1. The summed E-state index contributed by atoms with van der Waals surface area (Å²) in [7, 11) is 0. The molecular weight excluding hydrogens is 373 g/mol. The number of anilines is 1. The number of amides is 2. The topological polar surface area (TPSA) is 54.0 Å². The molecule has 2 aliphatic rings. The Bertz CT molecular complexity index is 842. The number of nitrogens with one attached hydrogen (secondary N) is 1. The lowest BCUT2D eigenvalue weighted by molar-refractivity contribution is 0.0123. The minimum absolute atomic E-state index is 0.240. The molecule has 2 heterocycles. The fourth-order valence-corrected chi connectivity index (χ4v) is 4.00. The van der Waals surface area contributed by atoms with E-state index in [1.165, 1.54) is 18.2 Å². The summed E-state index contributed by atoms with van der Waals surface area (Å²) in [5, 5.41) is 2.84. The van der Waals surface area contributed by atoms with Crippen molar-refractivity contribution in [3.05, 3.63) is 54.3 Å². The minimum atomic E-state index is -0.429. The number of urea groups is 1. The normalized spacial score (nSPS) is 22.5. The molecule has 0 aromatic heterocycles. The zero-order valence-corrected chi connectivity index (χ0v) is 16.5. The Kier molecular flexibility index (Phi) is 5.97. The average Bonchev–Trinajstić information content (AvgIpc) is 3.13. The summed E-state index contributed by atoms with van der Waals surface area (Å²) < 4.78 is 25.1. The zero-order chi connectivity index (χ0) is 20.2. The number of benzene rings is 2. The van der Waals surface area contributed by atoms with Crippen molar-refractivity contribution in [3.8, 4) is 11.5 Å². The summed E-state index contributed by atoms with van der Waals surface area (Å²) in [5.74, 6) is 0.966. The third kappa shape index (κ3) is 4.68. The van der Waals surface area contributed by atoms with Gasteiger partial charge in [0.25, 0.3) is 0 Å². The molecule has 2 aromatic rings. The van der Waals surface area contributed by atoms with Gasteiger partial charge in [0.05, 0.1) is 18.9 Å². The van der Waals surface area contributed by atoms with Crippen molar-refractivity contribution in [1.82, 2.24) is 9.80 Å². The Morgan fingerprint density at radius 2 is 1.90 bits per heavy atom. The highest BCUT2D eigenvalue weighted by molar-refractivity contribution is 5.91. The summed E-state index contributed by atoms with van der Waals surface area (Å²) in [6, 6.07) is 13.4. The van der Waals surface area contributed by atoms with Crippen LogP contribution in [0, 0.1) is 11.7 Å². The number of rotatable bonds is 4. The number of likely N-dealkylation sites (tertiary alicyclic amines) is 1. The second kappa shape index (κ2) is 8.80. The van der Waals surface area contributed by atoms with E-state index in [1.54, 1.807) is 4.90 Å². The number of hydrogen-bond donors (Lipinski definition) is 1. The molecule has 6 nitrogen and oxygen atoms in total. The number of halogens is 1. The Hall–Kier alpha value is -2.64. The van der Waals surface area contributed by atoms with Crippen LogP contribution >= 0.6 is 0 Å². The monoisotopic (exact) mass is 399 g/mol. The molecule has 154 valence electrons. The fraction of sp³-hybridized carbons (Fsp3) is 0.409. The van der Waals surface area contributed by atoms with E-state index in [1.807, 2.05) is 30.3 Å². The minimum Gasteiger partial charge on any atom is -0.455 e. The maximum Gasteiger partial charge on any atom is 0.322 e. The maximum absolute atomic E-state index is 13.8. The van der Waals surface area contributed by atoms with E-state index in [2.05, 4.69) is 17.1 Å². The van der Waals surface area contributed by atoms with E-state index >= 15 is 0 Å². The first-order chi connectivity index (χ1) is 14.1. The molecule has 0 aliphatic carbocycles. The SMILES string of the molecule is CC1CN(C(=O)Nc2cc(F)ccc2Oc2ccccc2)CC1N1CCOCC1. The number of morpholine rings is 1. The van der Waals surface area contributed by atoms with Gasteiger partial charge in [-0.25, -0.2) is 9.18 Å². The van der Waals surface area contributed by atoms with Crippen LogP contribution < -0.4 is 10.1 Å². The second-order valence-corrected chi connectivity index (χ2v) is 7.58.